The van der Waals surface area contributed by atoms with Crippen molar-refractivity contribution in [2.75, 3.05) is 12.9 Å². The molecule has 0 bridgehead atoms. The molecule has 0 saturated heterocycles. The van der Waals surface area contributed by atoms with Gasteiger partial charge >= 0.3 is 0 Å². The molecule has 21 heavy (non-hydrogen) atoms. The van der Waals surface area contributed by atoms with Crippen molar-refractivity contribution in [3.05, 3.63) is 24.3 Å². The number of carbonyl (C=O) groups excluding carboxylic acids is 1. The van der Waals surface area contributed by atoms with Crippen LogP contribution in [0.1, 0.15) is 26.2 Å². The zero-order valence-corrected chi connectivity index (χ0v) is 13.2. The topological polar surface area (TPSA) is 112 Å². The molecule has 118 valence electrons. The molecule has 6 nitrogen and oxygen atoms in total. The first-order valence-electron chi connectivity index (χ1n) is 6.64. The fraction of sp³-hybridized carbons (Fsp3) is 0.500. The van der Waals surface area contributed by atoms with Crippen LogP contribution in [0, 0.1) is 0 Å². The molecule has 0 saturated carbocycles. The van der Waals surface area contributed by atoms with Crippen LogP contribution in [-0.2, 0) is 14.6 Å². The van der Waals surface area contributed by atoms with Crippen LogP contribution in [0.5, 0.6) is 5.75 Å². The zero-order valence-electron chi connectivity index (χ0n) is 12.3. The quantitative estimate of drug-likeness (QED) is 0.690. The molecule has 7 heteroatoms. The summed E-state index contributed by atoms with van der Waals surface area (Å²) in [4.78, 5) is 11.3. The Balaban J connectivity index is 2.42. The molecule has 0 spiro atoms. The maximum atomic E-state index is 11.4. The minimum Gasteiger partial charge on any atom is -0.494 e. The van der Waals surface area contributed by atoms with Gasteiger partial charge in [0.2, 0.25) is 5.91 Å². The average molecular weight is 314 g/mol. The molecule has 1 aromatic rings. The summed E-state index contributed by atoms with van der Waals surface area (Å²) in [5.41, 5.74) is 9.92. The van der Waals surface area contributed by atoms with E-state index in [0.29, 0.717) is 31.6 Å². The van der Waals surface area contributed by atoms with Crippen LogP contribution >= 0.6 is 0 Å². The molecule has 0 fully saturated rings. The van der Waals surface area contributed by atoms with E-state index in [2.05, 4.69) is 0 Å². The lowest BCUT2D eigenvalue weighted by Gasteiger charge is -2.19. The van der Waals surface area contributed by atoms with E-state index in [4.69, 9.17) is 16.2 Å². The number of benzene rings is 1. The van der Waals surface area contributed by atoms with Gasteiger partial charge in [-0.3, -0.25) is 4.79 Å². The van der Waals surface area contributed by atoms with Crippen molar-refractivity contribution in [3.63, 3.8) is 0 Å². The van der Waals surface area contributed by atoms with E-state index in [1.54, 1.807) is 19.1 Å². The third-order valence-corrected chi connectivity index (χ3v) is 4.27. The van der Waals surface area contributed by atoms with Gasteiger partial charge in [-0.25, -0.2) is 8.42 Å². The van der Waals surface area contributed by atoms with E-state index in [-0.39, 0.29) is 4.90 Å². The van der Waals surface area contributed by atoms with Crippen LogP contribution in [0.2, 0.25) is 0 Å². The molecule has 0 aliphatic rings. The molecular weight excluding hydrogens is 292 g/mol. The summed E-state index contributed by atoms with van der Waals surface area (Å²) >= 11 is 0. The molecule has 1 rings (SSSR count). The van der Waals surface area contributed by atoms with E-state index in [0.717, 1.165) is 6.26 Å². The van der Waals surface area contributed by atoms with Gasteiger partial charge in [0.05, 0.1) is 17.0 Å². The van der Waals surface area contributed by atoms with E-state index < -0.39 is 21.3 Å². The summed E-state index contributed by atoms with van der Waals surface area (Å²) in [5, 5.41) is 0. The van der Waals surface area contributed by atoms with E-state index in [1.165, 1.54) is 12.1 Å². The molecular formula is C14H22N2O4S. The van der Waals surface area contributed by atoms with Crippen LogP contribution in [0.4, 0.5) is 0 Å². The van der Waals surface area contributed by atoms with Gasteiger partial charge in [0.15, 0.2) is 9.84 Å². The first-order valence-corrected chi connectivity index (χ1v) is 8.54. The minimum absolute atomic E-state index is 0.225. The largest absolute Gasteiger partial charge is 0.494 e. The van der Waals surface area contributed by atoms with Gasteiger partial charge in [-0.15, -0.1) is 0 Å². The molecule has 1 unspecified atom stereocenters. The lowest BCUT2D eigenvalue weighted by molar-refractivity contribution is -0.122. The Morgan fingerprint density at radius 2 is 2.00 bits per heavy atom. The predicted molar refractivity (Wildman–Crippen MR) is 80.7 cm³/mol. The van der Waals surface area contributed by atoms with Crippen LogP contribution in [0.15, 0.2) is 29.2 Å². The standard InChI is InChI=1S/C14H22N2O4S/c1-14(16,13(15)17)8-3-4-9-20-11-6-5-7-12(10-11)21(2,18)19/h5-7,10H,3-4,8-9,16H2,1-2H3,(H2,15,17). The second-order valence-corrected chi connectivity index (χ2v) is 7.35. The van der Waals surface area contributed by atoms with Gasteiger partial charge in [-0.2, -0.15) is 0 Å². The lowest BCUT2D eigenvalue weighted by Crippen LogP contribution is -2.49. The highest BCUT2D eigenvalue weighted by atomic mass is 32.2. The first kappa shape index (κ1) is 17.5. The number of nitrogens with two attached hydrogens (primary N) is 2. The Morgan fingerprint density at radius 3 is 2.57 bits per heavy atom. The summed E-state index contributed by atoms with van der Waals surface area (Å²) in [6.07, 6.45) is 3.03. The van der Waals surface area contributed by atoms with Gasteiger partial charge < -0.3 is 16.2 Å². The van der Waals surface area contributed by atoms with Gasteiger partial charge in [-0.05, 0) is 44.4 Å². The smallest absolute Gasteiger partial charge is 0.237 e. The second kappa shape index (κ2) is 6.91. The molecule has 0 aromatic heterocycles. The fourth-order valence-corrected chi connectivity index (χ4v) is 2.36. The van der Waals surface area contributed by atoms with Crippen molar-refractivity contribution in [1.29, 1.82) is 0 Å². The molecule has 0 aliphatic heterocycles. The van der Waals surface area contributed by atoms with Gasteiger partial charge in [-0.1, -0.05) is 6.07 Å². The first-order chi connectivity index (χ1) is 9.63. The predicted octanol–water partition coefficient (Wildman–Crippen LogP) is 0.842. The number of sulfone groups is 1. The van der Waals surface area contributed by atoms with E-state index in [1.807, 2.05) is 0 Å². The van der Waals surface area contributed by atoms with Crippen molar-refractivity contribution in [3.8, 4) is 5.75 Å². The highest BCUT2D eigenvalue weighted by Crippen LogP contribution is 2.18. The van der Waals surface area contributed by atoms with Gasteiger partial charge in [0.25, 0.3) is 0 Å². The highest BCUT2D eigenvalue weighted by molar-refractivity contribution is 7.90. The SMILES string of the molecule is CC(N)(CCCCOc1cccc(S(C)(=O)=O)c1)C(N)=O. The highest BCUT2D eigenvalue weighted by Gasteiger charge is 2.24. The van der Waals surface area contributed by atoms with Crippen LogP contribution < -0.4 is 16.2 Å². The summed E-state index contributed by atoms with van der Waals surface area (Å²) in [6.45, 7) is 2.02. The summed E-state index contributed by atoms with van der Waals surface area (Å²) in [7, 11) is -3.24. The third-order valence-electron chi connectivity index (χ3n) is 3.16. The number of hydrogen-bond acceptors (Lipinski definition) is 5. The Bertz CT molecular complexity index is 597. The van der Waals surface area contributed by atoms with Crippen LogP contribution in [0.25, 0.3) is 0 Å². The fourth-order valence-electron chi connectivity index (χ4n) is 1.70. The maximum Gasteiger partial charge on any atom is 0.237 e. The summed E-state index contributed by atoms with van der Waals surface area (Å²) < 4.78 is 28.3. The Kier molecular flexibility index (Phi) is 5.74. The molecule has 0 aliphatic carbocycles. The van der Waals surface area contributed by atoms with Crippen molar-refractivity contribution in [2.24, 2.45) is 11.5 Å². The molecule has 1 atom stereocenters. The molecule has 0 radical (unpaired) electrons. The van der Waals surface area contributed by atoms with Gasteiger partial charge in [0, 0.05) is 6.26 Å². The Hall–Kier alpha value is -1.60. The van der Waals surface area contributed by atoms with E-state index in [9.17, 15) is 13.2 Å². The lowest BCUT2D eigenvalue weighted by atomic mass is 9.96. The maximum absolute atomic E-state index is 11.4. The number of rotatable bonds is 8. The third kappa shape index (κ3) is 5.73. The van der Waals surface area contributed by atoms with Gasteiger partial charge in [0.1, 0.15) is 5.75 Å². The zero-order chi connectivity index (χ0) is 16.1. The van der Waals surface area contributed by atoms with E-state index >= 15 is 0 Å². The Morgan fingerprint density at radius 1 is 1.33 bits per heavy atom. The molecule has 4 N–H and O–H groups in total. The number of carbonyl (C=O) groups is 1. The van der Waals surface area contributed by atoms with Crippen molar-refractivity contribution in [2.45, 2.75) is 36.6 Å². The van der Waals surface area contributed by atoms with Crippen LogP contribution in [0.3, 0.4) is 0 Å². The van der Waals surface area contributed by atoms with Crippen molar-refractivity contribution < 1.29 is 17.9 Å². The van der Waals surface area contributed by atoms with Crippen LogP contribution in [-0.4, -0.2) is 32.7 Å². The normalized spacial score (nSPS) is 14.4. The number of amides is 1. The average Bonchev–Trinajstić information content (AvgIpc) is 2.37. The summed E-state index contributed by atoms with van der Waals surface area (Å²) in [6, 6.07) is 6.35. The summed E-state index contributed by atoms with van der Waals surface area (Å²) in [5.74, 6) is -0.0207. The number of primary amides is 1. The second-order valence-electron chi connectivity index (χ2n) is 5.33. The van der Waals surface area contributed by atoms with Crippen molar-refractivity contribution in [1.82, 2.24) is 0 Å². The molecule has 1 aromatic carbocycles. The van der Waals surface area contributed by atoms with Crippen molar-refractivity contribution >= 4 is 15.7 Å². The number of unbranched alkanes of at least 4 members (excludes halogenated alkanes) is 1. The number of hydrogen-bond donors (Lipinski definition) is 2. The monoisotopic (exact) mass is 314 g/mol. The Labute approximate surface area is 125 Å². The minimum atomic E-state index is -3.24. The molecule has 1 amide bonds. The number of ether oxygens (including phenoxy) is 1. The molecule has 0 heterocycles.